The zero-order valence-corrected chi connectivity index (χ0v) is 19.5. The van der Waals surface area contributed by atoms with Crippen LogP contribution in [-0.2, 0) is 11.4 Å². The molecule has 2 aromatic rings. The van der Waals surface area contributed by atoms with E-state index in [1.54, 1.807) is 23.1 Å². The van der Waals surface area contributed by atoms with Gasteiger partial charge in [-0.15, -0.1) is 13.2 Å². The van der Waals surface area contributed by atoms with Crippen LogP contribution in [0.1, 0.15) is 49.1 Å². The summed E-state index contributed by atoms with van der Waals surface area (Å²) >= 11 is 0. The van der Waals surface area contributed by atoms with Gasteiger partial charge in [-0.1, -0.05) is 55.7 Å². The van der Waals surface area contributed by atoms with Crippen LogP contribution < -0.4 is 14.8 Å². The van der Waals surface area contributed by atoms with Crippen molar-refractivity contribution < 1.29 is 32.5 Å². The second-order valence-corrected chi connectivity index (χ2v) is 9.20. The average Bonchev–Trinajstić information content (AvgIpc) is 2.84. The highest BCUT2D eigenvalue weighted by Gasteiger charge is 2.45. The van der Waals surface area contributed by atoms with Crippen LogP contribution in [0.4, 0.5) is 13.2 Å². The Morgan fingerprint density at radius 2 is 1.71 bits per heavy atom. The van der Waals surface area contributed by atoms with E-state index in [4.69, 9.17) is 4.74 Å². The summed E-state index contributed by atoms with van der Waals surface area (Å²) in [7, 11) is 0. The zero-order valence-electron chi connectivity index (χ0n) is 19.5. The Labute approximate surface area is 203 Å². The van der Waals surface area contributed by atoms with E-state index >= 15 is 0 Å². The first-order valence-corrected chi connectivity index (χ1v) is 12.0. The largest absolute Gasteiger partial charge is 0.573 e. The number of hydrogen-bond donors (Lipinski definition) is 2. The van der Waals surface area contributed by atoms with E-state index in [0.717, 1.165) is 24.8 Å². The van der Waals surface area contributed by atoms with Gasteiger partial charge in [-0.2, -0.15) is 0 Å². The number of nitrogens with zero attached hydrogens (tertiary/aromatic N) is 1. The molecule has 1 heterocycles. The standard InChI is InChI=1S/C26H31F3N2O4/c27-26(28,29)35-22-17-20(9-10-21(22)34-18-19-7-3-1-4-8-19)23(25(33)11-5-2-6-12-25)24(32)31-15-13-30-14-16-31/h1,3-4,7-10,17,23,30,33H,2,5-6,11-16,18H2. The molecule has 1 atom stereocenters. The number of halogens is 3. The highest BCUT2D eigenvalue weighted by Crippen LogP contribution is 2.44. The minimum absolute atomic E-state index is 0.0570. The molecule has 190 valence electrons. The van der Waals surface area contributed by atoms with Crippen molar-refractivity contribution in [2.75, 3.05) is 26.2 Å². The maximum absolute atomic E-state index is 13.6. The van der Waals surface area contributed by atoms with Crippen LogP contribution in [0.2, 0.25) is 0 Å². The van der Waals surface area contributed by atoms with Crippen LogP contribution in [0.15, 0.2) is 48.5 Å². The third kappa shape index (κ3) is 6.46. The van der Waals surface area contributed by atoms with Gasteiger partial charge in [-0.05, 0) is 36.1 Å². The molecule has 0 radical (unpaired) electrons. The minimum atomic E-state index is -4.94. The molecule has 1 aliphatic carbocycles. The third-order valence-corrected chi connectivity index (χ3v) is 6.70. The normalized spacial score (nSPS) is 19.1. The topological polar surface area (TPSA) is 71.0 Å². The summed E-state index contributed by atoms with van der Waals surface area (Å²) in [6, 6.07) is 13.2. The first-order chi connectivity index (χ1) is 16.8. The molecule has 0 bridgehead atoms. The lowest BCUT2D eigenvalue weighted by atomic mass is 9.72. The van der Waals surface area contributed by atoms with Gasteiger partial charge in [-0.3, -0.25) is 4.79 Å². The molecule has 1 saturated heterocycles. The summed E-state index contributed by atoms with van der Waals surface area (Å²) in [5, 5.41) is 14.8. The Hall–Kier alpha value is -2.78. The molecular weight excluding hydrogens is 461 g/mol. The fourth-order valence-electron chi connectivity index (χ4n) is 4.97. The molecule has 1 amide bonds. The fraction of sp³-hybridized carbons (Fsp3) is 0.500. The first kappa shape index (κ1) is 25.3. The highest BCUT2D eigenvalue weighted by atomic mass is 19.4. The number of rotatable bonds is 7. The number of benzene rings is 2. The van der Waals surface area contributed by atoms with Crippen LogP contribution in [0.3, 0.4) is 0 Å². The molecule has 2 N–H and O–H groups in total. The van der Waals surface area contributed by atoms with Gasteiger partial charge in [0.05, 0.1) is 11.5 Å². The SMILES string of the molecule is O=C(C(c1ccc(OCc2ccccc2)c(OC(F)(F)F)c1)C1(O)CCCCC1)N1CCNCC1. The van der Waals surface area contributed by atoms with Gasteiger partial charge in [0.15, 0.2) is 11.5 Å². The summed E-state index contributed by atoms with van der Waals surface area (Å²) in [4.78, 5) is 15.3. The molecule has 2 aromatic carbocycles. The second-order valence-electron chi connectivity index (χ2n) is 9.20. The van der Waals surface area contributed by atoms with Crippen LogP contribution in [0.5, 0.6) is 11.5 Å². The van der Waals surface area contributed by atoms with Crippen molar-refractivity contribution in [3.05, 3.63) is 59.7 Å². The Morgan fingerprint density at radius 1 is 1.03 bits per heavy atom. The van der Waals surface area contributed by atoms with Gasteiger partial charge in [0.25, 0.3) is 0 Å². The van der Waals surface area contributed by atoms with Crippen molar-refractivity contribution in [3.63, 3.8) is 0 Å². The van der Waals surface area contributed by atoms with E-state index in [0.29, 0.717) is 44.6 Å². The number of aliphatic hydroxyl groups is 1. The molecule has 1 aliphatic heterocycles. The lowest BCUT2D eigenvalue weighted by molar-refractivity contribution is -0.275. The maximum Gasteiger partial charge on any atom is 0.573 e. The molecule has 0 aromatic heterocycles. The quantitative estimate of drug-likeness (QED) is 0.601. The van der Waals surface area contributed by atoms with Gasteiger partial charge in [0.2, 0.25) is 5.91 Å². The average molecular weight is 493 g/mol. The van der Waals surface area contributed by atoms with Crippen molar-refractivity contribution >= 4 is 5.91 Å². The molecule has 0 spiro atoms. The molecule has 9 heteroatoms. The van der Waals surface area contributed by atoms with E-state index in [9.17, 15) is 23.1 Å². The Kier molecular flexibility index (Phi) is 7.86. The monoisotopic (exact) mass is 492 g/mol. The molecular formula is C26H31F3N2O4. The highest BCUT2D eigenvalue weighted by molar-refractivity contribution is 5.85. The molecule has 2 aliphatic rings. The Morgan fingerprint density at radius 3 is 2.37 bits per heavy atom. The van der Waals surface area contributed by atoms with Gasteiger partial charge in [0, 0.05) is 26.2 Å². The van der Waals surface area contributed by atoms with E-state index in [1.165, 1.54) is 12.1 Å². The van der Waals surface area contributed by atoms with E-state index in [-0.39, 0.29) is 18.3 Å². The van der Waals surface area contributed by atoms with Crippen molar-refractivity contribution in [1.82, 2.24) is 10.2 Å². The first-order valence-electron chi connectivity index (χ1n) is 12.0. The van der Waals surface area contributed by atoms with Crippen LogP contribution in [0.25, 0.3) is 0 Å². The second kappa shape index (κ2) is 10.9. The lowest BCUT2D eigenvalue weighted by Crippen LogP contribution is -2.53. The lowest BCUT2D eigenvalue weighted by Gasteiger charge is -2.41. The smallest absolute Gasteiger partial charge is 0.485 e. The number of carbonyl (C=O) groups excluding carboxylic acids is 1. The van der Waals surface area contributed by atoms with Gasteiger partial charge < -0.3 is 24.8 Å². The summed E-state index contributed by atoms with van der Waals surface area (Å²) in [6.07, 6.45) is -1.65. The summed E-state index contributed by atoms with van der Waals surface area (Å²) in [6.45, 7) is 2.28. The van der Waals surface area contributed by atoms with Gasteiger partial charge in [-0.25, -0.2) is 0 Å². The predicted molar refractivity (Wildman–Crippen MR) is 124 cm³/mol. The summed E-state index contributed by atoms with van der Waals surface area (Å²) in [5.74, 6) is -1.87. The number of alkyl halides is 3. The fourth-order valence-corrected chi connectivity index (χ4v) is 4.97. The van der Waals surface area contributed by atoms with Crippen LogP contribution in [-0.4, -0.2) is 54.1 Å². The molecule has 4 rings (SSSR count). The predicted octanol–water partition coefficient (Wildman–Crippen LogP) is 4.37. The number of amides is 1. The van der Waals surface area contributed by atoms with Gasteiger partial charge in [0.1, 0.15) is 6.61 Å². The van der Waals surface area contributed by atoms with Crippen LogP contribution >= 0.6 is 0 Å². The van der Waals surface area contributed by atoms with Gasteiger partial charge >= 0.3 is 6.36 Å². The number of piperazine rings is 1. The third-order valence-electron chi connectivity index (χ3n) is 6.70. The van der Waals surface area contributed by atoms with E-state index in [2.05, 4.69) is 10.1 Å². The molecule has 1 unspecified atom stereocenters. The Balaban J connectivity index is 1.68. The van der Waals surface area contributed by atoms with E-state index in [1.807, 2.05) is 18.2 Å². The molecule has 35 heavy (non-hydrogen) atoms. The summed E-state index contributed by atoms with van der Waals surface area (Å²) in [5.41, 5.74) is -0.246. The van der Waals surface area contributed by atoms with Crippen molar-refractivity contribution in [3.8, 4) is 11.5 Å². The minimum Gasteiger partial charge on any atom is -0.485 e. The Bertz CT molecular complexity index is 988. The zero-order chi connectivity index (χ0) is 24.9. The van der Waals surface area contributed by atoms with E-state index < -0.39 is 23.6 Å². The number of carbonyl (C=O) groups is 1. The van der Waals surface area contributed by atoms with Crippen molar-refractivity contribution in [2.45, 2.75) is 56.6 Å². The maximum atomic E-state index is 13.6. The number of hydrogen-bond acceptors (Lipinski definition) is 5. The van der Waals surface area contributed by atoms with Crippen LogP contribution in [0, 0.1) is 0 Å². The molecule has 1 saturated carbocycles. The molecule has 6 nitrogen and oxygen atoms in total. The molecule has 2 fully saturated rings. The van der Waals surface area contributed by atoms with Crippen molar-refractivity contribution in [2.24, 2.45) is 0 Å². The number of nitrogens with one attached hydrogen (secondary N) is 1. The van der Waals surface area contributed by atoms with Crippen molar-refractivity contribution in [1.29, 1.82) is 0 Å². The summed E-state index contributed by atoms with van der Waals surface area (Å²) < 4.78 is 49.8. The number of ether oxygens (including phenoxy) is 2.